The first-order chi connectivity index (χ1) is 13.6. The monoisotopic (exact) mass is 392 g/mol. The molecule has 0 unspecified atom stereocenters. The summed E-state index contributed by atoms with van der Waals surface area (Å²) in [6.07, 6.45) is 1.06. The minimum absolute atomic E-state index is 0.113. The Morgan fingerprint density at radius 3 is 2.64 bits per heavy atom. The lowest BCUT2D eigenvalue weighted by atomic mass is 10.0. The van der Waals surface area contributed by atoms with Crippen molar-refractivity contribution in [1.82, 2.24) is 9.88 Å². The van der Waals surface area contributed by atoms with Gasteiger partial charge in [0.05, 0.1) is 0 Å². The van der Waals surface area contributed by atoms with Crippen molar-refractivity contribution < 1.29 is 9.18 Å². The third-order valence-corrected chi connectivity index (χ3v) is 5.69. The molecule has 0 radical (unpaired) electrons. The Morgan fingerprint density at radius 2 is 1.89 bits per heavy atom. The lowest BCUT2D eigenvalue weighted by Gasteiger charge is -2.16. The first kappa shape index (κ1) is 18.4. The number of H-pyrrole nitrogens is 1. The van der Waals surface area contributed by atoms with E-state index in [1.165, 1.54) is 12.1 Å². The molecule has 4 aromatic rings. The van der Waals surface area contributed by atoms with Gasteiger partial charge in [-0.2, -0.15) is 11.3 Å². The zero-order valence-corrected chi connectivity index (χ0v) is 16.4. The molecule has 2 aromatic carbocycles. The highest BCUT2D eigenvalue weighted by atomic mass is 32.1. The van der Waals surface area contributed by atoms with Crippen molar-refractivity contribution in [3.63, 3.8) is 0 Å². The van der Waals surface area contributed by atoms with Crippen LogP contribution in [0.3, 0.4) is 0 Å². The predicted octanol–water partition coefficient (Wildman–Crippen LogP) is 5.63. The maximum atomic E-state index is 13.3. The van der Waals surface area contributed by atoms with Gasteiger partial charge in [-0.25, -0.2) is 4.39 Å². The van der Waals surface area contributed by atoms with Gasteiger partial charge >= 0.3 is 0 Å². The van der Waals surface area contributed by atoms with E-state index in [-0.39, 0.29) is 11.7 Å². The van der Waals surface area contributed by atoms with Crippen molar-refractivity contribution in [3.8, 4) is 11.3 Å². The fraction of sp³-hybridized carbons (Fsp3) is 0.174. The van der Waals surface area contributed by atoms with Crippen molar-refractivity contribution in [2.75, 3.05) is 7.05 Å². The molecule has 0 aliphatic heterocycles. The van der Waals surface area contributed by atoms with Gasteiger partial charge in [-0.1, -0.05) is 18.2 Å². The number of nitrogens with zero attached hydrogens (tertiary/aromatic N) is 1. The number of hydrogen-bond donors (Lipinski definition) is 1. The van der Waals surface area contributed by atoms with Crippen molar-refractivity contribution >= 4 is 28.1 Å². The summed E-state index contributed by atoms with van der Waals surface area (Å²) in [5, 5.41) is 5.19. The van der Waals surface area contributed by atoms with Crippen molar-refractivity contribution in [2.45, 2.75) is 19.4 Å². The number of rotatable bonds is 6. The van der Waals surface area contributed by atoms with E-state index in [4.69, 9.17) is 0 Å². The quantitative estimate of drug-likeness (QED) is 0.454. The second-order valence-electron chi connectivity index (χ2n) is 6.91. The number of amides is 1. The number of aromatic amines is 1. The molecule has 4 rings (SSSR count). The van der Waals surface area contributed by atoms with Crippen LogP contribution in [0.2, 0.25) is 0 Å². The van der Waals surface area contributed by atoms with E-state index in [1.54, 1.807) is 28.4 Å². The molecule has 0 aliphatic carbocycles. The van der Waals surface area contributed by atoms with Crippen molar-refractivity contribution in [1.29, 1.82) is 0 Å². The summed E-state index contributed by atoms with van der Waals surface area (Å²) in [6.45, 7) is 0.626. The van der Waals surface area contributed by atoms with Crippen LogP contribution in [0, 0.1) is 5.82 Å². The second kappa shape index (κ2) is 7.98. The minimum Gasteiger partial charge on any atom is -0.354 e. The van der Waals surface area contributed by atoms with Crippen LogP contribution in [0.1, 0.15) is 17.5 Å². The Kier molecular flexibility index (Phi) is 5.26. The van der Waals surface area contributed by atoms with Crippen LogP contribution >= 0.6 is 11.3 Å². The van der Waals surface area contributed by atoms with E-state index in [9.17, 15) is 9.18 Å². The molecular weight excluding hydrogens is 371 g/mol. The number of fused-ring (bicyclic) bond motifs is 1. The van der Waals surface area contributed by atoms with Gasteiger partial charge in [-0.05, 0) is 70.3 Å². The van der Waals surface area contributed by atoms with Crippen LogP contribution in [-0.4, -0.2) is 22.8 Å². The molecule has 0 fully saturated rings. The third-order valence-electron chi connectivity index (χ3n) is 4.96. The summed E-state index contributed by atoms with van der Waals surface area (Å²) in [6, 6.07) is 16.6. The molecule has 142 valence electrons. The maximum Gasteiger partial charge on any atom is 0.222 e. The molecule has 0 spiro atoms. The Balaban J connectivity index is 1.58. The van der Waals surface area contributed by atoms with Crippen LogP contribution in [0.15, 0.2) is 65.4 Å². The molecule has 3 nitrogen and oxygen atoms in total. The van der Waals surface area contributed by atoms with Crippen LogP contribution in [0.25, 0.3) is 22.2 Å². The first-order valence-electron chi connectivity index (χ1n) is 9.22. The van der Waals surface area contributed by atoms with E-state index in [0.29, 0.717) is 19.4 Å². The molecule has 0 aliphatic rings. The molecule has 2 aromatic heterocycles. The van der Waals surface area contributed by atoms with Gasteiger partial charge in [-0.3, -0.25) is 4.79 Å². The van der Waals surface area contributed by atoms with Gasteiger partial charge in [-0.15, -0.1) is 0 Å². The predicted molar refractivity (Wildman–Crippen MR) is 113 cm³/mol. The summed E-state index contributed by atoms with van der Waals surface area (Å²) >= 11 is 1.64. The fourth-order valence-electron chi connectivity index (χ4n) is 3.49. The van der Waals surface area contributed by atoms with E-state index in [2.05, 4.69) is 16.4 Å². The van der Waals surface area contributed by atoms with Gasteiger partial charge in [0.1, 0.15) is 5.82 Å². The highest BCUT2D eigenvalue weighted by Crippen LogP contribution is 2.31. The van der Waals surface area contributed by atoms with Crippen molar-refractivity contribution in [3.05, 3.63) is 82.3 Å². The van der Waals surface area contributed by atoms with E-state index in [1.807, 2.05) is 36.7 Å². The maximum absolute atomic E-state index is 13.3. The Bertz CT molecular complexity index is 1080. The topological polar surface area (TPSA) is 36.1 Å². The number of nitrogens with one attached hydrogen (secondary N) is 1. The second-order valence-corrected chi connectivity index (χ2v) is 7.69. The van der Waals surface area contributed by atoms with Crippen LogP contribution in [-0.2, 0) is 17.8 Å². The van der Waals surface area contributed by atoms with Gasteiger partial charge in [0.2, 0.25) is 5.91 Å². The molecule has 0 bridgehead atoms. The van der Waals surface area contributed by atoms with Crippen LogP contribution in [0.4, 0.5) is 4.39 Å². The Hall–Kier alpha value is -2.92. The minimum atomic E-state index is -0.258. The van der Waals surface area contributed by atoms with E-state index < -0.39 is 0 Å². The molecule has 5 heteroatoms. The summed E-state index contributed by atoms with van der Waals surface area (Å²) in [7, 11) is 1.84. The molecule has 0 atom stereocenters. The number of aromatic nitrogens is 1. The number of aryl methyl sites for hydroxylation is 1. The normalized spacial score (nSPS) is 11.1. The number of carbonyl (C=O) groups excluding carboxylic acids is 1. The van der Waals surface area contributed by atoms with Gasteiger partial charge in [0.15, 0.2) is 0 Å². The molecular formula is C23H21FN2OS. The molecule has 0 saturated heterocycles. The number of hydrogen-bond acceptors (Lipinski definition) is 2. The van der Waals surface area contributed by atoms with Gasteiger partial charge in [0, 0.05) is 36.6 Å². The lowest BCUT2D eigenvalue weighted by molar-refractivity contribution is -0.130. The van der Waals surface area contributed by atoms with Gasteiger partial charge in [0.25, 0.3) is 0 Å². The average Bonchev–Trinajstić information content (AvgIpc) is 3.34. The zero-order valence-electron chi connectivity index (χ0n) is 15.6. The average molecular weight is 392 g/mol. The SMILES string of the molecule is CN(Cc1ccsc1)C(=O)CCc1c(-c2ccc(F)cc2)[nH]c2ccccc12. The third kappa shape index (κ3) is 3.85. The number of benzene rings is 2. The standard InChI is InChI=1S/C23H21FN2OS/c1-26(14-16-12-13-28-15-16)22(27)11-10-20-19-4-2-3-5-21(19)25-23(20)17-6-8-18(24)9-7-17/h2-9,12-13,15,25H,10-11,14H2,1H3. The van der Waals surface area contributed by atoms with E-state index >= 15 is 0 Å². The molecule has 28 heavy (non-hydrogen) atoms. The Morgan fingerprint density at radius 1 is 1.11 bits per heavy atom. The number of thiophene rings is 1. The number of halogens is 1. The molecule has 1 N–H and O–H groups in total. The lowest BCUT2D eigenvalue weighted by Crippen LogP contribution is -2.26. The molecule has 0 saturated carbocycles. The molecule has 1 amide bonds. The fourth-order valence-corrected chi connectivity index (χ4v) is 4.15. The number of carbonyl (C=O) groups is 1. The summed E-state index contributed by atoms with van der Waals surface area (Å²) in [5.74, 6) is -0.145. The largest absolute Gasteiger partial charge is 0.354 e. The highest BCUT2D eigenvalue weighted by Gasteiger charge is 2.16. The number of para-hydroxylation sites is 1. The van der Waals surface area contributed by atoms with Gasteiger partial charge < -0.3 is 9.88 Å². The summed E-state index contributed by atoms with van der Waals surface area (Å²) < 4.78 is 13.3. The highest BCUT2D eigenvalue weighted by molar-refractivity contribution is 7.07. The zero-order chi connectivity index (χ0) is 19.5. The summed E-state index contributed by atoms with van der Waals surface area (Å²) in [4.78, 5) is 17.9. The Labute approximate surface area is 167 Å². The first-order valence-corrected chi connectivity index (χ1v) is 10.2. The van der Waals surface area contributed by atoms with Crippen LogP contribution < -0.4 is 0 Å². The molecule has 2 heterocycles. The smallest absolute Gasteiger partial charge is 0.222 e. The summed E-state index contributed by atoms with van der Waals surface area (Å²) in [5.41, 5.74) is 5.15. The van der Waals surface area contributed by atoms with E-state index in [0.717, 1.165) is 33.3 Å². The van der Waals surface area contributed by atoms with Crippen LogP contribution in [0.5, 0.6) is 0 Å². The van der Waals surface area contributed by atoms with Crippen molar-refractivity contribution in [2.24, 2.45) is 0 Å².